The summed E-state index contributed by atoms with van der Waals surface area (Å²) in [6.07, 6.45) is 1.56. The van der Waals surface area contributed by atoms with Crippen LogP contribution < -0.4 is 5.32 Å². The average molecular weight is 215 g/mol. The van der Waals surface area contributed by atoms with Crippen LogP contribution in [-0.4, -0.2) is 38.2 Å². The molecule has 1 atom stereocenters. The van der Waals surface area contributed by atoms with Gasteiger partial charge in [0.2, 0.25) is 5.91 Å². The molecule has 0 aliphatic carbocycles. The number of hydrogen-bond donors (Lipinski definition) is 1. The summed E-state index contributed by atoms with van der Waals surface area (Å²) in [5.41, 5.74) is 0. The first-order valence-electron chi connectivity index (χ1n) is 5.08. The Bertz CT molecular complexity index is 236. The number of carbonyl (C=O) groups is 2. The van der Waals surface area contributed by atoms with Crippen LogP contribution in [0.15, 0.2) is 0 Å². The van der Waals surface area contributed by atoms with Gasteiger partial charge in [-0.2, -0.15) is 0 Å². The third-order valence-electron chi connectivity index (χ3n) is 2.55. The van der Waals surface area contributed by atoms with E-state index in [0.29, 0.717) is 13.2 Å². The molecule has 86 valence electrons. The summed E-state index contributed by atoms with van der Waals surface area (Å²) < 4.78 is 9.88. The zero-order valence-corrected chi connectivity index (χ0v) is 9.12. The predicted octanol–water partition coefficient (Wildman–Crippen LogP) is 0.0907. The lowest BCUT2D eigenvalue weighted by atomic mass is 9.91. The van der Waals surface area contributed by atoms with Gasteiger partial charge < -0.3 is 14.8 Å². The summed E-state index contributed by atoms with van der Waals surface area (Å²) in [6, 6.07) is -0.531. The highest BCUT2D eigenvalue weighted by Crippen LogP contribution is 2.19. The van der Waals surface area contributed by atoms with Crippen molar-refractivity contribution in [1.82, 2.24) is 5.32 Å². The first-order valence-corrected chi connectivity index (χ1v) is 5.08. The smallest absolute Gasteiger partial charge is 0.328 e. The van der Waals surface area contributed by atoms with E-state index in [1.54, 1.807) is 0 Å². The number of hydrogen-bond acceptors (Lipinski definition) is 4. The molecule has 0 spiro atoms. The van der Waals surface area contributed by atoms with Crippen molar-refractivity contribution in [2.45, 2.75) is 25.8 Å². The van der Waals surface area contributed by atoms with Crippen LogP contribution in [0.3, 0.4) is 0 Å². The molecule has 1 saturated heterocycles. The minimum absolute atomic E-state index is 0.120. The zero-order chi connectivity index (χ0) is 11.3. The molecule has 1 aliphatic heterocycles. The predicted molar refractivity (Wildman–Crippen MR) is 53.2 cm³/mol. The van der Waals surface area contributed by atoms with Gasteiger partial charge >= 0.3 is 5.97 Å². The summed E-state index contributed by atoms with van der Waals surface area (Å²) in [5, 5.41) is 2.63. The third kappa shape index (κ3) is 3.51. The summed E-state index contributed by atoms with van der Waals surface area (Å²) in [5.74, 6) is -0.468. The van der Waals surface area contributed by atoms with E-state index >= 15 is 0 Å². The first kappa shape index (κ1) is 12.0. The molecule has 1 aliphatic rings. The monoisotopic (exact) mass is 215 g/mol. The number of ether oxygens (including phenoxy) is 2. The number of carbonyl (C=O) groups excluding carboxylic acids is 2. The average Bonchev–Trinajstić information content (AvgIpc) is 2.26. The van der Waals surface area contributed by atoms with Crippen LogP contribution in [0.5, 0.6) is 0 Å². The molecule has 5 heteroatoms. The van der Waals surface area contributed by atoms with Crippen LogP contribution in [0.25, 0.3) is 0 Å². The number of rotatable bonds is 3. The molecule has 0 unspecified atom stereocenters. The van der Waals surface area contributed by atoms with Gasteiger partial charge in [-0.3, -0.25) is 4.79 Å². The van der Waals surface area contributed by atoms with Gasteiger partial charge in [0, 0.05) is 20.1 Å². The maximum absolute atomic E-state index is 11.5. The lowest BCUT2D eigenvalue weighted by Crippen LogP contribution is -2.47. The van der Waals surface area contributed by atoms with E-state index in [9.17, 15) is 9.59 Å². The van der Waals surface area contributed by atoms with Gasteiger partial charge in [-0.1, -0.05) is 0 Å². The molecule has 1 heterocycles. The van der Waals surface area contributed by atoms with E-state index in [2.05, 4.69) is 10.1 Å². The Morgan fingerprint density at radius 1 is 1.40 bits per heavy atom. The molecule has 0 radical (unpaired) electrons. The van der Waals surface area contributed by atoms with Crippen LogP contribution in [-0.2, 0) is 19.1 Å². The SMILES string of the molecule is COC(=O)[C@H](NC(C)=O)C1CCOCC1. The van der Waals surface area contributed by atoms with Crippen molar-refractivity contribution in [3.63, 3.8) is 0 Å². The first-order chi connectivity index (χ1) is 7.15. The highest BCUT2D eigenvalue weighted by molar-refractivity contribution is 5.83. The molecule has 0 bridgehead atoms. The van der Waals surface area contributed by atoms with Crippen molar-refractivity contribution in [1.29, 1.82) is 0 Å². The molecule has 1 N–H and O–H groups in total. The van der Waals surface area contributed by atoms with Gasteiger partial charge in [0.1, 0.15) is 6.04 Å². The van der Waals surface area contributed by atoms with E-state index in [-0.39, 0.29) is 17.8 Å². The molecule has 5 nitrogen and oxygen atoms in total. The number of esters is 1. The van der Waals surface area contributed by atoms with Crippen LogP contribution in [0, 0.1) is 5.92 Å². The molecular formula is C10H17NO4. The minimum Gasteiger partial charge on any atom is -0.467 e. The van der Waals surface area contributed by atoms with Crippen LogP contribution in [0.1, 0.15) is 19.8 Å². The van der Waals surface area contributed by atoms with Crippen molar-refractivity contribution in [2.75, 3.05) is 20.3 Å². The standard InChI is InChI=1S/C10H17NO4/c1-7(12)11-9(10(13)14-2)8-3-5-15-6-4-8/h8-9H,3-6H2,1-2H3,(H,11,12)/t9-/m1/s1. The summed E-state index contributed by atoms with van der Waals surface area (Å²) >= 11 is 0. The van der Waals surface area contributed by atoms with E-state index < -0.39 is 6.04 Å². The van der Waals surface area contributed by atoms with Crippen LogP contribution in [0.2, 0.25) is 0 Å². The van der Waals surface area contributed by atoms with Gasteiger partial charge in [-0.15, -0.1) is 0 Å². The van der Waals surface area contributed by atoms with Gasteiger partial charge in [-0.25, -0.2) is 4.79 Å². The van der Waals surface area contributed by atoms with Gasteiger partial charge in [0.15, 0.2) is 0 Å². The van der Waals surface area contributed by atoms with E-state index in [1.165, 1.54) is 14.0 Å². The van der Waals surface area contributed by atoms with E-state index in [0.717, 1.165) is 12.8 Å². The quantitative estimate of drug-likeness (QED) is 0.678. The highest BCUT2D eigenvalue weighted by atomic mass is 16.5. The second kappa shape index (κ2) is 5.70. The van der Waals surface area contributed by atoms with Crippen molar-refractivity contribution in [3.8, 4) is 0 Å². The fourth-order valence-corrected chi connectivity index (χ4v) is 1.76. The third-order valence-corrected chi connectivity index (χ3v) is 2.55. The minimum atomic E-state index is -0.531. The molecule has 0 aromatic heterocycles. The maximum Gasteiger partial charge on any atom is 0.328 e. The number of methoxy groups -OCH3 is 1. The maximum atomic E-state index is 11.5. The highest BCUT2D eigenvalue weighted by Gasteiger charge is 2.31. The van der Waals surface area contributed by atoms with Crippen LogP contribution in [0.4, 0.5) is 0 Å². The largest absolute Gasteiger partial charge is 0.467 e. The Kier molecular flexibility index (Phi) is 4.55. The van der Waals surface area contributed by atoms with Gasteiger partial charge in [0.05, 0.1) is 7.11 Å². The lowest BCUT2D eigenvalue weighted by Gasteiger charge is -2.28. The second-order valence-electron chi connectivity index (χ2n) is 3.65. The van der Waals surface area contributed by atoms with Crippen LogP contribution >= 0.6 is 0 Å². The molecule has 1 fully saturated rings. The number of amides is 1. The lowest BCUT2D eigenvalue weighted by molar-refractivity contribution is -0.147. The number of nitrogens with one attached hydrogen (secondary N) is 1. The molecule has 15 heavy (non-hydrogen) atoms. The fraction of sp³-hybridized carbons (Fsp3) is 0.800. The molecular weight excluding hydrogens is 198 g/mol. The molecule has 1 amide bonds. The van der Waals surface area contributed by atoms with Gasteiger partial charge in [0.25, 0.3) is 0 Å². The fourth-order valence-electron chi connectivity index (χ4n) is 1.76. The Hall–Kier alpha value is -1.10. The Morgan fingerprint density at radius 2 is 2.00 bits per heavy atom. The summed E-state index contributed by atoms with van der Waals surface area (Å²) in [6.45, 7) is 2.67. The van der Waals surface area contributed by atoms with Crippen molar-refractivity contribution < 1.29 is 19.1 Å². The molecule has 0 aromatic rings. The molecule has 1 rings (SSSR count). The van der Waals surface area contributed by atoms with Crippen molar-refractivity contribution in [3.05, 3.63) is 0 Å². The Balaban J connectivity index is 2.60. The molecule has 0 saturated carbocycles. The van der Waals surface area contributed by atoms with E-state index in [4.69, 9.17) is 4.74 Å². The topological polar surface area (TPSA) is 64.6 Å². The van der Waals surface area contributed by atoms with Gasteiger partial charge in [-0.05, 0) is 18.8 Å². The molecule has 0 aromatic carbocycles. The van der Waals surface area contributed by atoms with E-state index in [1.807, 2.05) is 0 Å². The summed E-state index contributed by atoms with van der Waals surface area (Å²) in [4.78, 5) is 22.4. The zero-order valence-electron chi connectivity index (χ0n) is 9.12. The Morgan fingerprint density at radius 3 is 2.47 bits per heavy atom. The normalized spacial score (nSPS) is 19.3. The second-order valence-corrected chi connectivity index (χ2v) is 3.65. The van der Waals surface area contributed by atoms with Crippen molar-refractivity contribution >= 4 is 11.9 Å². The Labute approximate surface area is 89.1 Å². The van der Waals surface area contributed by atoms with Crippen molar-refractivity contribution in [2.24, 2.45) is 5.92 Å². The summed E-state index contributed by atoms with van der Waals surface area (Å²) in [7, 11) is 1.33.